The molecule has 4 heteroatoms. The van der Waals surface area contributed by atoms with Crippen LogP contribution in [0.2, 0.25) is 0 Å². The highest BCUT2D eigenvalue weighted by molar-refractivity contribution is 9.10. The second-order valence-corrected chi connectivity index (χ2v) is 6.13. The van der Waals surface area contributed by atoms with Crippen molar-refractivity contribution in [2.45, 2.75) is 13.5 Å². The summed E-state index contributed by atoms with van der Waals surface area (Å²) >= 11 is 3.47. The number of halogens is 1. The Hall–Kier alpha value is -1.81. The SMILES string of the molecule is Cc1ccc(C(=O)N(C)C)cc1NCc1cccc(Br)c1. The van der Waals surface area contributed by atoms with Gasteiger partial charge in [0.1, 0.15) is 0 Å². The molecule has 2 rings (SSSR count). The van der Waals surface area contributed by atoms with Gasteiger partial charge in [-0.3, -0.25) is 4.79 Å². The third kappa shape index (κ3) is 4.08. The van der Waals surface area contributed by atoms with Crippen LogP contribution in [-0.2, 0) is 6.54 Å². The van der Waals surface area contributed by atoms with Crippen LogP contribution in [0.3, 0.4) is 0 Å². The maximum absolute atomic E-state index is 12.0. The Labute approximate surface area is 134 Å². The third-order valence-corrected chi connectivity index (χ3v) is 3.76. The van der Waals surface area contributed by atoms with Crippen molar-refractivity contribution in [3.8, 4) is 0 Å². The molecule has 0 aromatic heterocycles. The van der Waals surface area contributed by atoms with Crippen LogP contribution < -0.4 is 5.32 Å². The van der Waals surface area contributed by atoms with Crippen molar-refractivity contribution in [2.24, 2.45) is 0 Å². The maximum atomic E-state index is 12.0. The molecule has 110 valence electrons. The van der Waals surface area contributed by atoms with Gasteiger partial charge in [-0.1, -0.05) is 34.1 Å². The van der Waals surface area contributed by atoms with Crippen molar-refractivity contribution in [2.75, 3.05) is 19.4 Å². The summed E-state index contributed by atoms with van der Waals surface area (Å²) in [4.78, 5) is 13.6. The number of hydrogen-bond acceptors (Lipinski definition) is 2. The van der Waals surface area contributed by atoms with Gasteiger partial charge in [0.05, 0.1) is 0 Å². The largest absolute Gasteiger partial charge is 0.381 e. The number of carbonyl (C=O) groups excluding carboxylic acids is 1. The van der Waals surface area contributed by atoms with Crippen molar-refractivity contribution in [3.05, 3.63) is 63.6 Å². The molecule has 2 aromatic rings. The molecule has 1 amide bonds. The van der Waals surface area contributed by atoms with Gasteiger partial charge in [-0.15, -0.1) is 0 Å². The Morgan fingerprint density at radius 2 is 1.95 bits per heavy atom. The lowest BCUT2D eigenvalue weighted by atomic mass is 10.1. The van der Waals surface area contributed by atoms with E-state index in [9.17, 15) is 4.79 Å². The van der Waals surface area contributed by atoms with E-state index in [1.165, 1.54) is 5.56 Å². The number of anilines is 1. The summed E-state index contributed by atoms with van der Waals surface area (Å²) in [6.07, 6.45) is 0. The van der Waals surface area contributed by atoms with E-state index in [-0.39, 0.29) is 5.91 Å². The maximum Gasteiger partial charge on any atom is 0.253 e. The van der Waals surface area contributed by atoms with Gasteiger partial charge in [0, 0.05) is 36.4 Å². The van der Waals surface area contributed by atoms with Crippen LogP contribution in [0.25, 0.3) is 0 Å². The van der Waals surface area contributed by atoms with Gasteiger partial charge in [-0.05, 0) is 42.3 Å². The molecule has 1 N–H and O–H groups in total. The summed E-state index contributed by atoms with van der Waals surface area (Å²) in [5.41, 5.74) is 4.00. The summed E-state index contributed by atoms with van der Waals surface area (Å²) in [5.74, 6) is 0.0144. The molecule has 0 bridgehead atoms. The van der Waals surface area contributed by atoms with Gasteiger partial charge in [-0.2, -0.15) is 0 Å². The minimum atomic E-state index is 0.0144. The molecule has 0 atom stereocenters. The predicted octanol–water partition coefficient (Wildman–Crippen LogP) is 4.07. The first kappa shape index (κ1) is 15.6. The molecule has 0 heterocycles. The van der Waals surface area contributed by atoms with Crippen LogP contribution in [0.15, 0.2) is 46.9 Å². The second-order valence-electron chi connectivity index (χ2n) is 5.21. The van der Waals surface area contributed by atoms with Gasteiger partial charge >= 0.3 is 0 Å². The van der Waals surface area contributed by atoms with Crippen molar-refractivity contribution in [3.63, 3.8) is 0 Å². The molecule has 21 heavy (non-hydrogen) atoms. The van der Waals surface area contributed by atoms with Crippen LogP contribution in [-0.4, -0.2) is 24.9 Å². The van der Waals surface area contributed by atoms with E-state index < -0.39 is 0 Å². The van der Waals surface area contributed by atoms with Crippen LogP contribution in [0.1, 0.15) is 21.5 Å². The van der Waals surface area contributed by atoms with Gasteiger partial charge in [0.2, 0.25) is 0 Å². The first-order valence-electron chi connectivity index (χ1n) is 6.78. The van der Waals surface area contributed by atoms with E-state index in [0.29, 0.717) is 5.56 Å². The van der Waals surface area contributed by atoms with Crippen LogP contribution in [0.4, 0.5) is 5.69 Å². The quantitative estimate of drug-likeness (QED) is 0.904. The molecule has 0 radical (unpaired) electrons. The lowest BCUT2D eigenvalue weighted by molar-refractivity contribution is 0.0827. The zero-order chi connectivity index (χ0) is 15.4. The highest BCUT2D eigenvalue weighted by Crippen LogP contribution is 2.19. The first-order chi connectivity index (χ1) is 9.97. The van der Waals surface area contributed by atoms with E-state index in [1.54, 1.807) is 19.0 Å². The number of aryl methyl sites for hydroxylation is 1. The first-order valence-corrected chi connectivity index (χ1v) is 7.57. The standard InChI is InChI=1S/C17H19BrN2O/c1-12-7-8-14(17(21)20(2)3)10-16(12)19-11-13-5-4-6-15(18)9-13/h4-10,19H,11H2,1-3H3. The fourth-order valence-corrected chi connectivity index (χ4v) is 2.49. The normalized spacial score (nSPS) is 10.3. The van der Waals surface area contributed by atoms with Crippen LogP contribution in [0, 0.1) is 6.92 Å². The number of rotatable bonds is 4. The van der Waals surface area contributed by atoms with Crippen molar-refractivity contribution in [1.29, 1.82) is 0 Å². The van der Waals surface area contributed by atoms with E-state index in [2.05, 4.69) is 33.4 Å². The average molecular weight is 347 g/mol. The van der Waals surface area contributed by atoms with Gasteiger partial charge < -0.3 is 10.2 Å². The molecule has 0 saturated carbocycles. The van der Waals surface area contributed by atoms with Gasteiger partial charge in [0.15, 0.2) is 0 Å². The van der Waals surface area contributed by atoms with Crippen molar-refractivity contribution < 1.29 is 4.79 Å². The van der Waals surface area contributed by atoms with E-state index >= 15 is 0 Å². The lowest BCUT2D eigenvalue weighted by Gasteiger charge is -2.14. The molecule has 0 saturated heterocycles. The Bertz CT molecular complexity index is 653. The van der Waals surface area contributed by atoms with Crippen molar-refractivity contribution >= 4 is 27.5 Å². The number of hydrogen-bond donors (Lipinski definition) is 1. The van der Waals surface area contributed by atoms with Gasteiger partial charge in [-0.25, -0.2) is 0 Å². The Morgan fingerprint density at radius 1 is 1.19 bits per heavy atom. The molecule has 0 spiro atoms. The summed E-state index contributed by atoms with van der Waals surface area (Å²) in [6, 6.07) is 13.9. The topological polar surface area (TPSA) is 32.3 Å². The zero-order valence-electron chi connectivity index (χ0n) is 12.5. The number of nitrogens with one attached hydrogen (secondary N) is 1. The van der Waals surface area contributed by atoms with E-state index in [0.717, 1.165) is 22.3 Å². The predicted molar refractivity (Wildman–Crippen MR) is 90.7 cm³/mol. The Morgan fingerprint density at radius 3 is 2.62 bits per heavy atom. The van der Waals surface area contributed by atoms with E-state index in [1.807, 2.05) is 37.3 Å². The number of benzene rings is 2. The van der Waals surface area contributed by atoms with Crippen LogP contribution >= 0.6 is 15.9 Å². The minimum Gasteiger partial charge on any atom is -0.381 e. The summed E-state index contributed by atoms with van der Waals surface area (Å²) in [6.45, 7) is 2.76. The summed E-state index contributed by atoms with van der Waals surface area (Å²) in [7, 11) is 3.52. The van der Waals surface area contributed by atoms with Gasteiger partial charge in [0.25, 0.3) is 5.91 Å². The summed E-state index contributed by atoms with van der Waals surface area (Å²) in [5, 5.41) is 3.40. The smallest absolute Gasteiger partial charge is 0.253 e. The highest BCUT2D eigenvalue weighted by Gasteiger charge is 2.09. The molecule has 0 aliphatic carbocycles. The monoisotopic (exact) mass is 346 g/mol. The Kier molecular flexibility index (Phi) is 5.02. The van der Waals surface area contributed by atoms with Crippen LogP contribution in [0.5, 0.6) is 0 Å². The highest BCUT2D eigenvalue weighted by atomic mass is 79.9. The number of carbonyl (C=O) groups is 1. The molecule has 3 nitrogen and oxygen atoms in total. The number of amides is 1. The molecule has 2 aromatic carbocycles. The van der Waals surface area contributed by atoms with Crippen molar-refractivity contribution in [1.82, 2.24) is 4.90 Å². The molecule has 0 aliphatic heterocycles. The minimum absolute atomic E-state index is 0.0144. The second kappa shape index (κ2) is 6.76. The lowest BCUT2D eigenvalue weighted by Crippen LogP contribution is -2.21. The van der Waals surface area contributed by atoms with E-state index in [4.69, 9.17) is 0 Å². The zero-order valence-corrected chi connectivity index (χ0v) is 14.1. The molecular formula is C17H19BrN2O. The molecule has 0 aliphatic rings. The average Bonchev–Trinajstić information content (AvgIpc) is 2.45. The fraction of sp³-hybridized carbons (Fsp3) is 0.235. The molecule has 0 fully saturated rings. The molecular weight excluding hydrogens is 328 g/mol. The number of nitrogens with zero attached hydrogens (tertiary/aromatic N) is 1. The molecule has 0 unspecified atom stereocenters. The Balaban J connectivity index is 2.16. The fourth-order valence-electron chi connectivity index (χ4n) is 2.05. The third-order valence-electron chi connectivity index (χ3n) is 3.26. The summed E-state index contributed by atoms with van der Waals surface area (Å²) < 4.78 is 1.06.